The topological polar surface area (TPSA) is 26.3 Å². The van der Waals surface area contributed by atoms with E-state index in [0.717, 1.165) is 5.56 Å². The zero-order valence-corrected chi connectivity index (χ0v) is 9.60. The summed E-state index contributed by atoms with van der Waals surface area (Å²) in [5, 5.41) is 0. The zero-order valence-electron chi connectivity index (χ0n) is 9.60. The van der Waals surface area contributed by atoms with Crippen LogP contribution in [-0.2, 0) is 0 Å². The summed E-state index contributed by atoms with van der Waals surface area (Å²) in [6.07, 6.45) is -0.149. The number of para-hydroxylation sites is 1. The lowest BCUT2D eigenvalue weighted by molar-refractivity contribution is 0.0840. The number of carbonyl (C=O) groups excluding carboxylic acids is 1. The molecule has 18 heavy (non-hydrogen) atoms. The molecule has 3 rings (SSSR count). The normalized spacial score (nSPS) is 18.1. The summed E-state index contributed by atoms with van der Waals surface area (Å²) in [7, 11) is 0. The van der Waals surface area contributed by atoms with Gasteiger partial charge in [0.1, 0.15) is 6.10 Å². The smallest absolute Gasteiger partial charge is 0.170 e. The lowest BCUT2D eigenvalue weighted by atomic mass is 9.96. The van der Waals surface area contributed by atoms with Crippen LogP contribution in [0.5, 0.6) is 5.75 Å². The second-order valence-electron chi connectivity index (χ2n) is 4.26. The van der Waals surface area contributed by atoms with Crippen molar-refractivity contribution in [3.63, 3.8) is 0 Å². The van der Waals surface area contributed by atoms with Crippen molar-refractivity contribution in [1.29, 1.82) is 0 Å². The molecule has 3 heteroatoms. The van der Waals surface area contributed by atoms with Crippen molar-refractivity contribution in [3.05, 3.63) is 65.5 Å². The molecule has 90 valence electrons. The van der Waals surface area contributed by atoms with E-state index in [1.165, 1.54) is 12.1 Å². The first kappa shape index (κ1) is 11.0. The fourth-order valence-electron chi connectivity index (χ4n) is 2.16. The van der Waals surface area contributed by atoms with Gasteiger partial charge >= 0.3 is 0 Å². The lowest BCUT2D eigenvalue weighted by Gasteiger charge is -2.25. The second kappa shape index (κ2) is 4.26. The molecule has 2 aromatic carbocycles. The van der Waals surface area contributed by atoms with Crippen molar-refractivity contribution in [2.75, 3.05) is 0 Å². The maximum absolute atomic E-state index is 13.7. The first-order chi connectivity index (χ1) is 8.75. The predicted octanol–water partition coefficient (Wildman–Crippen LogP) is 3.53. The highest BCUT2D eigenvalue weighted by Crippen LogP contribution is 2.36. The van der Waals surface area contributed by atoms with Crippen LogP contribution in [0.2, 0.25) is 0 Å². The van der Waals surface area contributed by atoms with Crippen molar-refractivity contribution >= 4 is 5.78 Å². The third-order valence-electron chi connectivity index (χ3n) is 3.07. The number of ether oxygens (including phenoxy) is 1. The van der Waals surface area contributed by atoms with Crippen LogP contribution in [0.15, 0.2) is 48.5 Å². The summed E-state index contributed by atoms with van der Waals surface area (Å²) in [5.74, 6) is -0.492. The van der Waals surface area contributed by atoms with E-state index in [4.69, 9.17) is 4.74 Å². The molecule has 0 fully saturated rings. The Balaban J connectivity index is 2.01. The molecule has 0 bridgehead atoms. The highest BCUT2D eigenvalue weighted by atomic mass is 19.1. The number of carbonyl (C=O) groups is 1. The van der Waals surface area contributed by atoms with Crippen LogP contribution in [0.3, 0.4) is 0 Å². The van der Waals surface area contributed by atoms with Crippen LogP contribution in [0.1, 0.15) is 28.4 Å². The number of benzene rings is 2. The molecule has 0 spiro atoms. The standard InChI is InChI=1S/C15H11FO2/c16-12-8-4-7-11-13(17)9-14(18-15(11)12)10-5-2-1-3-6-10/h1-8,14H,9H2/t14-/m1/s1. The summed E-state index contributed by atoms with van der Waals surface area (Å²) >= 11 is 0. The Labute approximate surface area is 104 Å². The van der Waals surface area contributed by atoms with Gasteiger partial charge in [0.25, 0.3) is 0 Å². The molecule has 1 aliphatic rings. The van der Waals surface area contributed by atoms with Gasteiger partial charge in [0.05, 0.1) is 12.0 Å². The minimum absolute atomic E-state index is 0.0719. The van der Waals surface area contributed by atoms with E-state index in [2.05, 4.69) is 0 Å². The molecule has 0 saturated carbocycles. The minimum atomic E-state index is -0.485. The molecule has 2 nitrogen and oxygen atoms in total. The SMILES string of the molecule is O=C1C[C@H](c2ccccc2)Oc2c(F)cccc21. The number of hydrogen-bond acceptors (Lipinski definition) is 2. The lowest BCUT2D eigenvalue weighted by Crippen LogP contribution is -2.21. The molecule has 1 aliphatic heterocycles. The number of hydrogen-bond donors (Lipinski definition) is 0. The number of Topliss-reactive ketones (excluding diaryl/α,β-unsaturated/α-hetero) is 1. The van der Waals surface area contributed by atoms with E-state index in [1.807, 2.05) is 30.3 Å². The quantitative estimate of drug-likeness (QED) is 0.764. The first-order valence-electron chi connectivity index (χ1n) is 5.79. The van der Waals surface area contributed by atoms with E-state index >= 15 is 0 Å². The van der Waals surface area contributed by atoms with Gasteiger partial charge in [-0.1, -0.05) is 36.4 Å². The summed E-state index contributed by atoms with van der Waals surface area (Å²) in [5.41, 5.74) is 1.22. The van der Waals surface area contributed by atoms with Gasteiger partial charge in [-0.3, -0.25) is 4.79 Å². The van der Waals surface area contributed by atoms with Crippen molar-refractivity contribution in [2.24, 2.45) is 0 Å². The van der Waals surface area contributed by atoms with Gasteiger partial charge in [0, 0.05) is 0 Å². The molecule has 0 N–H and O–H groups in total. The van der Waals surface area contributed by atoms with Crippen LogP contribution >= 0.6 is 0 Å². The molecule has 0 unspecified atom stereocenters. The molecule has 0 radical (unpaired) electrons. The van der Waals surface area contributed by atoms with E-state index in [1.54, 1.807) is 6.07 Å². The average molecular weight is 242 g/mol. The van der Waals surface area contributed by atoms with Crippen LogP contribution in [-0.4, -0.2) is 5.78 Å². The third-order valence-corrected chi connectivity index (χ3v) is 3.07. The van der Waals surface area contributed by atoms with Crippen molar-refractivity contribution in [2.45, 2.75) is 12.5 Å². The van der Waals surface area contributed by atoms with Crippen LogP contribution in [0.4, 0.5) is 4.39 Å². The molecule has 0 aromatic heterocycles. The van der Waals surface area contributed by atoms with Gasteiger partial charge in [-0.25, -0.2) is 4.39 Å². The van der Waals surface area contributed by atoms with E-state index < -0.39 is 11.9 Å². The Morgan fingerprint density at radius 1 is 1.06 bits per heavy atom. The molecular formula is C15H11FO2. The fourth-order valence-corrected chi connectivity index (χ4v) is 2.16. The van der Waals surface area contributed by atoms with Gasteiger partial charge in [-0.2, -0.15) is 0 Å². The highest BCUT2D eigenvalue weighted by Gasteiger charge is 2.29. The fraction of sp³-hybridized carbons (Fsp3) is 0.133. The molecule has 0 amide bonds. The summed E-state index contributed by atoms with van der Waals surface area (Å²) < 4.78 is 19.3. The predicted molar refractivity (Wildman–Crippen MR) is 65.2 cm³/mol. The number of ketones is 1. The molecule has 0 saturated heterocycles. The average Bonchev–Trinajstić information content (AvgIpc) is 2.41. The number of rotatable bonds is 1. The second-order valence-corrected chi connectivity index (χ2v) is 4.26. The number of fused-ring (bicyclic) bond motifs is 1. The van der Waals surface area contributed by atoms with E-state index in [-0.39, 0.29) is 18.0 Å². The van der Waals surface area contributed by atoms with Gasteiger partial charge in [-0.05, 0) is 17.7 Å². The summed E-state index contributed by atoms with van der Waals surface area (Å²) in [6, 6.07) is 13.8. The molecule has 2 aromatic rings. The van der Waals surface area contributed by atoms with E-state index in [9.17, 15) is 9.18 Å². The Morgan fingerprint density at radius 3 is 2.61 bits per heavy atom. The Bertz CT molecular complexity index is 593. The Hall–Kier alpha value is -2.16. The Kier molecular flexibility index (Phi) is 2.59. The van der Waals surface area contributed by atoms with Gasteiger partial charge in [0.15, 0.2) is 17.3 Å². The van der Waals surface area contributed by atoms with Gasteiger partial charge in [0.2, 0.25) is 0 Å². The van der Waals surface area contributed by atoms with Crippen LogP contribution in [0, 0.1) is 5.82 Å². The molecule has 0 aliphatic carbocycles. The van der Waals surface area contributed by atoms with E-state index in [0.29, 0.717) is 5.56 Å². The molecular weight excluding hydrogens is 231 g/mol. The van der Waals surface area contributed by atoms with Crippen LogP contribution < -0.4 is 4.74 Å². The van der Waals surface area contributed by atoms with Gasteiger partial charge < -0.3 is 4.74 Å². The monoisotopic (exact) mass is 242 g/mol. The van der Waals surface area contributed by atoms with Crippen molar-refractivity contribution < 1.29 is 13.9 Å². The molecule has 1 atom stereocenters. The largest absolute Gasteiger partial charge is 0.481 e. The summed E-state index contributed by atoms with van der Waals surface area (Å²) in [4.78, 5) is 12.0. The van der Waals surface area contributed by atoms with Gasteiger partial charge in [-0.15, -0.1) is 0 Å². The van der Waals surface area contributed by atoms with Crippen molar-refractivity contribution in [3.8, 4) is 5.75 Å². The highest BCUT2D eigenvalue weighted by molar-refractivity contribution is 6.00. The summed E-state index contributed by atoms with van der Waals surface area (Å²) in [6.45, 7) is 0. The van der Waals surface area contributed by atoms with Crippen molar-refractivity contribution in [1.82, 2.24) is 0 Å². The van der Waals surface area contributed by atoms with Crippen LogP contribution in [0.25, 0.3) is 0 Å². The zero-order chi connectivity index (χ0) is 12.5. The Morgan fingerprint density at radius 2 is 1.83 bits per heavy atom. The third kappa shape index (κ3) is 1.78. The molecule has 1 heterocycles. The first-order valence-corrected chi connectivity index (χ1v) is 5.79. The maximum Gasteiger partial charge on any atom is 0.170 e. The maximum atomic E-state index is 13.7. The minimum Gasteiger partial charge on any atom is -0.481 e. The number of halogens is 1.